The molecule has 1 N–H and O–H groups in total. The van der Waals surface area contributed by atoms with E-state index in [1.54, 1.807) is 0 Å². The Morgan fingerprint density at radius 2 is 1.45 bits per heavy atom. The zero-order chi connectivity index (χ0) is 14.4. The van der Waals surface area contributed by atoms with Crippen LogP contribution in [-0.4, -0.2) is 5.91 Å². The molecule has 0 fully saturated rings. The van der Waals surface area contributed by atoms with Gasteiger partial charge in [-0.05, 0) is 48.2 Å². The molecule has 0 saturated carbocycles. The Labute approximate surface area is 118 Å². The second-order valence-electron chi connectivity index (χ2n) is 4.73. The molecule has 0 atom stereocenters. The molecule has 2 aromatic carbocycles. The first-order valence-corrected chi connectivity index (χ1v) is 6.80. The van der Waals surface area contributed by atoms with Crippen LogP contribution in [0.5, 0.6) is 0 Å². The molecule has 0 aliphatic heterocycles. The van der Waals surface area contributed by atoms with Gasteiger partial charge in [0, 0.05) is 12.1 Å². The number of anilines is 1. The molecular formula is C17H18FNO. The van der Waals surface area contributed by atoms with Crippen molar-refractivity contribution in [2.45, 2.75) is 26.2 Å². The van der Waals surface area contributed by atoms with Crippen molar-refractivity contribution >= 4 is 11.6 Å². The first kappa shape index (κ1) is 14.3. The molecule has 0 aliphatic rings. The lowest BCUT2D eigenvalue weighted by atomic mass is 10.0. The number of aryl methyl sites for hydroxylation is 2. The second kappa shape index (κ2) is 6.85. The third-order valence-electron chi connectivity index (χ3n) is 3.17. The topological polar surface area (TPSA) is 29.1 Å². The van der Waals surface area contributed by atoms with Crippen LogP contribution in [0.25, 0.3) is 0 Å². The predicted octanol–water partition coefficient (Wildman–Crippen LogP) is 3.96. The predicted molar refractivity (Wildman–Crippen MR) is 79.2 cm³/mol. The largest absolute Gasteiger partial charge is 0.326 e. The van der Waals surface area contributed by atoms with Gasteiger partial charge >= 0.3 is 0 Å². The summed E-state index contributed by atoms with van der Waals surface area (Å²) >= 11 is 0. The van der Waals surface area contributed by atoms with Crippen molar-refractivity contribution in [2.24, 2.45) is 0 Å². The summed E-state index contributed by atoms with van der Waals surface area (Å²) in [7, 11) is 0. The van der Waals surface area contributed by atoms with Crippen LogP contribution in [0.15, 0.2) is 48.5 Å². The van der Waals surface area contributed by atoms with Crippen LogP contribution < -0.4 is 5.32 Å². The number of carbonyl (C=O) groups excluding carboxylic acids is 1. The number of hydrogen-bond donors (Lipinski definition) is 1. The molecule has 3 heteroatoms. The average molecular weight is 271 g/mol. The van der Waals surface area contributed by atoms with Crippen molar-refractivity contribution in [1.82, 2.24) is 0 Å². The molecule has 0 saturated heterocycles. The average Bonchev–Trinajstić information content (AvgIpc) is 2.48. The van der Waals surface area contributed by atoms with Crippen molar-refractivity contribution in [2.75, 3.05) is 5.32 Å². The fourth-order valence-electron chi connectivity index (χ4n) is 1.94. The molecular weight excluding hydrogens is 253 g/mol. The molecule has 0 aliphatic carbocycles. The molecule has 1 amide bonds. The zero-order valence-electron chi connectivity index (χ0n) is 11.5. The molecule has 0 heterocycles. The Morgan fingerprint density at radius 1 is 0.950 bits per heavy atom. The van der Waals surface area contributed by atoms with Crippen molar-refractivity contribution in [1.29, 1.82) is 0 Å². The molecule has 0 spiro atoms. The number of amides is 1. The van der Waals surface area contributed by atoms with E-state index in [4.69, 9.17) is 0 Å². The fourth-order valence-corrected chi connectivity index (χ4v) is 1.94. The van der Waals surface area contributed by atoms with E-state index in [1.165, 1.54) is 17.7 Å². The zero-order valence-corrected chi connectivity index (χ0v) is 11.5. The number of hydrogen-bond acceptors (Lipinski definition) is 1. The minimum absolute atomic E-state index is 0.0177. The Kier molecular flexibility index (Phi) is 4.88. The summed E-state index contributed by atoms with van der Waals surface area (Å²) in [5.41, 5.74) is 3.14. The lowest BCUT2D eigenvalue weighted by Gasteiger charge is -2.06. The van der Waals surface area contributed by atoms with E-state index in [1.807, 2.05) is 43.3 Å². The lowest BCUT2D eigenvalue weighted by Crippen LogP contribution is -2.09. The monoisotopic (exact) mass is 271 g/mol. The van der Waals surface area contributed by atoms with Gasteiger partial charge in [-0.3, -0.25) is 4.79 Å². The van der Waals surface area contributed by atoms with Crippen LogP contribution in [0.3, 0.4) is 0 Å². The maximum Gasteiger partial charge on any atom is 0.224 e. The van der Waals surface area contributed by atoms with E-state index in [2.05, 4.69) is 5.32 Å². The Bertz CT molecular complexity index is 561. The van der Waals surface area contributed by atoms with Gasteiger partial charge in [-0.25, -0.2) is 4.39 Å². The molecule has 0 radical (unpaired) electrons. The SMILES string of the molecule is CCC(=O)Nc1ccc(CCc2ccc(F)cc2)cc1. The van der Waals surface area contributed by atoms with E-state index in [0.717, 1.165) is 24.1 Å². The van der Waals surface area contributed by atoms with Crippen LogP contribution in [-0.2, 0) is 17.6 Å². The standard InChI is InChI=1S/C17H18FNO/c1-2-17(20)19-16-11-7-14(8-12-16)4-3-13-5-9-15(18)10-6-13/h5-12H,2-4H2,1H3,(H,19,20). The molecule has 2 nitrogen and oxygen atoms in total. The molecule has 104 valence electrons. The summed E-state index contributed by atoms with van der Waals surface area (Å²) in [5, 5.41) is 2.82. The maximum atomic E-state index is 12.8. The number of benzene rings is 2. The van der Waals surface area contributed by atoms with E-state index in [-0.39, 0.29) is 11.7 Å². The summed E-state index contributed by atoms with van der Waals surface area (Å²) in [5.74, 6) is -0.186. The minimum Gasteiger partial charge on any atom is -0.326 e. The van der Waals surface area contributed by atoms with Crippen LogP contribution in [0.1, 0.15) is 24.5 Å². The van der Waals surface area contributed by atoms with Crippen LogP contribution >= 0.6 is 0 Å². The van der Waals surface area contributed by atoms with Crippen LogP contribution in [0.2, 0.25) is 0 Å². The highest BCUT2D eigenvalue weighted by Crippen LogP contribution is 2.13. The van der Waals surface area contributed by atoms with E-state index >= 15 is 0 Å². The molecule has 2 rings (SSSR count). The van der Waals surface area contributed by atoms with Crippen molar-refractivity contribution < 1.29 is 9.18 Å². The van der Waals surface area contributed by atoms with Crippen molar-refractivity contribution in [3.8, 4) is 0 Å². The molecule has 20 heavy (non-hydrogen) atoms. The quantitative estimate of drug-likeness (QED) is 0.876. The highest BCUT2D eigenvalue weighted by molar-refractivity contribution is 5.90. The van der Waals surface area contributed by atoms with Crippen molar-refractivity contribution in [3.05, 3.63) is 65.5 Å². The van der Waals surface area contributed by atoms with Gasteiger partial charge in [0.25, 0.3) is 0 Å². The molecule has 0 bridgehead atoms. The summed E-state index contributed by atoms with van der Waals surface area (Å²) in [6.07, 6.45) is 2.25. The Morgan fingerprint density at radius 3 is 1.95 bits per heavy atom. The smallest absolute Gasteiger partial charge is 0.224 e. The highest BCUT2D eigenvalue weighted by atomic mass is 19.1. The minimum atomic E-state index is -0.204. The summed E-state index contributed by atoms with van der Waals surface area (Å²) in [6.45, 7) is 1.83. The second-order valence-corrected chi connectivity index (χ2v) is 4.73. The maximum absolute atomic E-state index is 12.8. The summed E-state index contributed by atoms with van der Waals surface area (Å²) in [6, 6.07) is 14.4. The number of nitrogens with one attached hydrogen (secondary N) is 1. The third kappa shape index (κ3) is 4.19. The number of halogens is 1. The van der Waals surface area contributed by atoms with E-state index < -0.39 is 0 Å². The molecule has 2 aromatic rings. The van der Waals surface area contributed by atoms with E-state index in [9.17, 15) is 9.18 Å². The van der Waals surface area contributed by atoms with E-state index in [0.29, 0.717) is 6.42 Å². The first-order valence-electron chi connectivity index (χ1n) is 6.80. The van der Waals surface area contributed by atoms with Gasteiger partial charge in [-0.2, -0.15) is 0 Å². The normalized spacial score (nSPS) is 10.3. The Balaban J connectivity index is 1.90. The van der Waals surface area contributed by atoms with Gasteiger partial charge in [0.15, 0.2) is 0 Å². The number of rotatable bonds is 5. The lowest BCUT2D eigenvalue weighted by molar-refractivity contribution is -0.115. The molecule has 0 aromatic heterocycles. The Hall–Kier alpha value is -2.16. The van der Waals surface area contributed by atoms with Gasteiger partial charge in [-0.1, -0.05) is 31.2 Å². The first-order chi connectivity index (χ1) is 9.67. The van der Waals surface area contributed by atoms with Gasteiger partial charge < -0.3 is 5.32 Å². The van der Waals surface area contributed by atoms with Gasteiger partial charge in [-0.15, -0.1) is 0 Å². The number of carbonyl (C=O) groups is 1. The van der Waals surface area contributed by atoms with Gasteiger partial charge in [0.1, 0.15) is 5.82 Å². The fraction of sp³-hybridized carbons (Fsp3) is 0.235. The highest BCUT2D eigenvalue weighted by Gasteiger charge is 2.00. The summed E-state index contributed by atoms with van der Waals surface area (Å²) < 4.78 is 12.8. The van der Waals surface area contributed by atoms with Crippen LogP contribution in [0.4, 0.5) is 10.1 Å². The summed E-state index contributed by atoms with van der Waals surface area (Å²) in [4.78, 5) is 11.3. The van der Waals surface area contributed by atoms with Gasteiger partial charge in [0.2, 0.25) is 5.91 Å². The van der Waals surface area contributed by atoms with Crippen LogP contribution in [0, 0.1) is 5.82 Å². The third-order valence-corrected chi connectivity index (χ3v) is 3.17. The molecule has 0 unspecified atom stereocenters. The van der Waals surface area contributed by atoms with Gasteiger partial charge in [0.05, 0.1) is 0 Å². The van der Waals surface area contributed by atoms with Crippen molar-refractivity contribution in [3.63, 3.8) is 0 Å².